The molecule has 5 nitrogen and oxygen atoms in total. The predicted molar refractivity (Wildman–Crippen MR) is 97.8 cm³/mol. The molecular weight excluding hydrogens is 344 g/mol. The fourth-order valence-electron chi connectivity index (χ4n) is 2.40. The van der Waals surface area contributed by atoms with Crippen LogP contribution in [0.4, 0.5) is 5.69 Å². The van der Waals surface area contributed by atoms with Crippen LogP contribution in [0.25, 0.3) is 0 Å². The van der Waals surface area contributed by atoms with E-state index in [9.17, 15) is 13.2 Å². The lowest BCUT2D eigenvalue weighted by molar-refractivity contribution is -0.118. The van der Waals surface area contributed by atoms with E-state index in [1.165, 1.54) is 6.07 Å². The molecule has 7 heteroatoms. The van der Waals surface area contributed by atoms with E-state index in [4.69, 9.17) is 0 Å². The molecule has 1 aromatic heterocycles. The smallest absolute Gasteiger partial charge is 0.250 e. The van der Waals surface area contributed by atoms with Gasteiger partial charge < -0.3 is 5.32 Å². The Balaban J connectivity index is 2.19. The molecule has 0 saturated heterocycles. The first kappa shape index (κ1) is 18.6. The van der Waals surface area contributed by atoms with Crippen molar-refractivity contribution in [1.29, 1.82) is 0 Å². The van der Waals surface area contributed by atoms with Crippen molar-refractivity contribution in [3.8, 4) is 0 Å². The first-order chi connectivity index (χ1) is 11.2. The molecule has 0 fully saturated rings. The third kappa shape index (κ3) is 4.66. The minimum atomic E-state index is -3.71. The summed E-state index contributed by atoms with van der Waals surface area (Å²) in [6.45, 7) is 7.51. The Labute approximate surface area is 147 Å². The quantitative estimate of drug-likeness (QED) is 0.823. The lowest BCUT2D eigenvalue weighted by Crippen LogP contribution is -2.46. The van der Waals surface area contributed by atoms with Crippen LogP contribution in [0.5, 0.6) is 0 Å². The fourth-order valence-corrected chi connectivity index (χ4v) is 4.75. The second-order valence-corrected chi connectivity index (χ2v) is 9.03. The molecule has 0 aliphatic carbocycles. The molecule has 1 atom stereocenters. The molecule has 2 N–H and O–H groups in total. The molecule has 0 radical (unpaired) electrons. The summed E-state index contributed by atoms with van der Waals surface area (Å²) in [4.78, 5) is 12.6. The second kappa shape index (κ2) is 7.46. The average Bonchev–Trinajstić information content (AvgIpc) is 2.98. The van der Waals surface area contributed by atoms with Gasteiger partial charge in [-0.2, -0.15) is 4.72 Å². The van der Waals surface area contributed by atoms with Gasteiger partial charge >= 0.3 is 0 Å². The van der Waals surface area contributed by atoms with E-state index >= 15 is 0 Å². The van der Waals surface area contributed by atoms with Gasteiger partial charge in [0.25, 0.3) is 10.0 Å². The van der Waals surface area contributed by atoms with Crippen molar-refractivity contribution in [2.75, 3.05) is 5.32 Å². The van der Waals surface area contributed by atoms with Gasteiger partial charge in [0.05, 0.1) is 0 Å². The number of anilines is 1. The molecule has 24 heavy (non-hydrogen) atoms. The highest BCUT2D eigenvalue weighted by Gasteiger charge is 2.29. The number of aryl methyl sites for hydroxylation is 2. The maximum atomic E-state index is 12.6. The van der Waals surface area contributed by atoms with Crippen molar-refractivity contribution < 1.29 is 13.2 Å². The molecule has 0 aliphatic heterocycles. The van der Waals surface area contributed by atoms with Gasteiger partial charge in [-0.05, 0) is 54.5 Å². The van der Waals surface area contributed by atoms with Gasteiger partial charge in [0, 0.05) is 5.69 Å². The van der Waals surface area contributed by atoms with Crippen LogP contribution in [0, 0.1) is 19.8 Å². The normalized spacial score (nSPS) is 13.0. The number of sulfonamides is 1. The third-order valence-corrected chi connectivity index (χ3v) is 6.32. The van der Waals surface area contributed by atoms with E-state index in [0.717, 1.165) is 22.5 Å². The minimum absolute atomic E-state index is 0.189. The molecule has 0 bridgehead atoms. The number of benzene rings is 1. The van der Waals surface area contributed by atoms with E-state index in [1.807, 2.05) is 45.9 Å². The van der Waals surface area contributed by atoms with Gasteiger partial charge in [-0.25, -0.2) is 8.42 Å². The van der Waals surface area contributed by atoms with E-state index in [1.54, 1.807) is 11.4 Å². The first-order valence-corrected chi connectivity index (χ1v) is 10.0. The monoisotopic (exact) mass is 366 g/mol. The molecule has 0 unspecified atom stereocenters. The maximum absolute atomic E-state index is 12.6. The number of carbonyl (C=O) groups is 1. The van der Waals surface area contributed by atoms with E-state index in [-0.39, 0.29) is 16.0 Å². The number of nitrogens with one attached hydrogen (secondary N) is 2. The van der Waals surface area contributed by atoms with Crippen LogP contribution < -0.4 is 10.0 Å². The molecule has 130 valence electrons. The van der Waals surface area contributed by atoms with E-state index in [0.29, 0.717) is 5.69 Å². The molecule has 0 aliphatic rings. The summed E-state index contributed by atoms with van der Waals surface area (Å²) in [5.41, 5.74) is 2.73. The molecule has 0 saturated carbocycles. The second-order valence-electron chi connectivity index (χ2n) is 6.14. The predicted octanol–water partition coefficient (Wildman–Crippen LogP) is 3.31. The van der Waals surface area contributed by atoms with Crippen LogP contribution in [0.2, 0.25) is 0 Å². The Bertz CT molecular complexity index is 792. The molecule has 1 heterocycles. The van der Waals surface area contributed by atoms with Gasteiger partial charge in [-0.1, -0.05) is 26.0 Å². The highest BCUT2D eigenvalue weighted by molar-refractivity contribution is 7.91. The van der Waals surface area contributed by atoms with Crippen LogP contribution in [-0.2, 0) is 14.8 Å². The number of amides is 1. The number of rotatable bonds is 6. The SMILES string of the molecule is Cc1cc(C)cc(NC(=O)[C@@H](NS(=O)(=O)c2cccs2)C(C)C)c1. The lowest BCUT2D eigenvalue weighted by Gasteiger charge is -2.21. The lowest BCUT2D eigenvalue weighted by atomic mass is 10.0. The Morgan fingerprint density at radius 1 is 1.12 bits per heavy atom. The van der Waals surface area contributed by atoms with Crippen LogP contribution in [-0.4, -0.2) is 20.4 Å². The number of hydrogen-bond donors (Lipinski definition) is 2. The average molecular weight is 367 g/mol. The molecular formula is C17H22N2O3S2. The molecule has 0 spiro atoms. The highest BCUT2D eigenvalue weighted by atomic mass is 32.2. The van der Waals surface area contributed by atoms with E-state index < -0.39 is 16.1 Å². The van der Waals surface area contributed by atoms with Gasteiger partial charge in [-0.3, -0.25) is 4.79 Å². The maximum Gasteiger partial charge on any atom is 0.250 e. The highest BCUT2D eigenvalue weighted by Crippen LogP contribution is 2.19. The zero-order chi connectivity index (χ0) is 17.9. The van der Waals surface area contributed by atoms with Crippen molar-refractivity contribution in [3.63, 3.8) is 0 Å². The Morgan fingerprint density at radius 2 is 1.75 bits per heavy atom. The van der Waals surface area contributed by atoms with Crippen molar-refractivity contribution in [3.05, 3.63) is 46.8 Å². The van der Waals surface area contributed by atoms with Crippen molar-refractivity contribution in [2.45, 2.75) is 37.9 Å². The zero-order valence-electron chi connectivity index (χ0n) is 14.2. The number of hydrogen-bond acceptors (Lipinski definition) is 4. The molecule has 2 rings (SSSR count). The summed E-state index contributed by atoms with van der Waals surface area (Å²) >= 11 is 1.12. The van der Waals surface area contributed by atoms with Crippen LogP contribution in [0.1, 0.15) is 25.0 Å². The van der Waals surface area contributed by atoms with Gasteiger partial charge in [0.2, 0.25) is 5.91 Å². The topological polar surface area (TPSA) is 75.3 Å². The van der Waals surface area contributed by atoms with E-state index in [2.05, 4.69) is 10.0 Å². The van der Waals surface area contributed by atoms with Gasteiger partial charge in [0.15, 0.2) is 0 Å². The Hall–Kier alpha value is -1.70. The Kier molecular flexibility index (Phi) is 5.79. The summed E-state index contributed by atoms with van der Waals surface area (Å²) in [6.07, 6.45) is 0. The fraction of sp³-hybridized carbons (Fsp3) is 0.353. The molecule has 2 aromatic rings. The largest absolute Gasteiger partial charge is 0.325 e. The number of thiophene rings is 1. The molecule has 1 amide bonds. The van der Waals surface area contributed by atoms with Gasteiger partial charge in [-0.15, -0.1) is 11.3 Å². The number of carbonyl (C=O) groups excluding carboxylic acids is 1. The van der Waals surface area contributed by atoms with Crippen molar-refractivity contribution >= 4 is 33.0 Å². The van der Waals surface area contributed by atoms with Crippen molar-refractivity contribution in [1.82, 2.24) is 4.72 Å². The Morgan fingerprint density at radius 3 is 2.25 bits per heavy atom. The van der Waals surface area contributed by atoms with Gasteiger partial charge in [0.1, 0.15) is 10.3 Å². The molecule has 1 aromatic carbocycles. The summed E-state index contributed by atoms with van der Waals surface area (Å²) < 4.78 is 27.5. The first-order valence-electron chi connectivity index (χ1n) is 7.64. The van der Waals surface area contributed by atoms with Crippen LogP contribution >= 0.6 is 11.3 Å². The summed E-state index contributed by atoms with van der Waals surface area (Å²) in [5, 5.41) is 4.50. The minimum Gasteiger partial charge on any atom is -0.325 e. The van der Waals surface area contributed by atoms with Crippen LogP contribution in [0.15, 0.2) is 39.9 Å². The van der Waals surface area contributed by atoms with Crippen molar-refractivity contribution in [2.24, 2.45) is 5.92 Å². The standard InChI is InChI=1S/C17H22N2O3S2/c1-11(2)16(19-24(21,22)15-6-5-7-23-15)17(20)18-14-9-12(3)8-13(4)10-14/h5-11,16,19H,1-4H3,(H,18,20)/t16-/m0/s1. The summed E-state index contributed by atoms with van der Waals surface area (Å²) in [7, 11) is -3.71. The summed E-state index contributed by atoms with van der Waals surface area (Å²) in [6, 6.07) is 8.06. The summed E-state index contributed by atoms with van der Waals surface area (Å²) in [5.74, 6) is -0.555. The zero-order valence-corrected chi connectivity index (χ0v) is 15.8. The van der Waals surface area contributed by atoms with Crippen LogP contribution in [0.3, 0.4) is 0 Å². The third-order valence-electron chi connectivity index (χ3n) is 3.48.